The molecule has 1 amide bonds. The van der Waals surface area contributed by atoms with Gasteiger partial charge in [0.2, 0.25) is 0 Å². The van der Waals surface area contributed by atoms with Gasteiger partial charge in [0, 0.05) is 12.1 Å². The Morgan fingerprint density at radius 2 is 1.85 bits per heavy atom. The van der Waals surface area contributed by atoms with Crippen LogP contribution in [-0.2, 0) is 13.0 Å². The van der Waals surface area contributed by atoms with Gasteiger partial charge in [-0.05, 0) is 43.9 Å². The molecule has 0 heterocycles. The number of aryl methyl sites for hydroxylation is 2. The van der Waals surface area contributed by atoms with Crippen LogP contribution >= 0.6 is 0 Å². The molecule has 2 aromatic rings. The van der Waals surface area contributed by atoms with Crippen molar-refractivity contribution in [1.82, 2.24) is 4.90 Å². The Balaban J connectivity index is 2.57. The topological polar surface area (TPSA) is 81.0 Å². The standard InChI is InChI=1S/C22H29NO4/c1-4-6-7-10-16-13-19(24)20(17-11-8-9-15(3)12-17)21(25)18(16)14-23(5-2)22(26)27/h8-9,11-13,24-25H,4-7,10,14H2,1-3H3,(H,26,27). The van der Waals surface area contributed by atoms with Gasteiger partial charge in [-0.25, -0.2) is 4.79 Å². The van der Waals surface area contributed by atoms with E-state index in [0.29, 0.717) is 29.7 Å². The lowest BCUT2D eigenvalue weighted by Crippen LogP contribution is -2.29. The number of benzene rings is 2. The number of nitrogens with zero attached hydrogens (tertiary/aromatic N) is 1. The molecule has 0 fully saturated rings. The van der Waals surface area contributed by atoms with Gasteiger partial charge < -0.3 is 20.2 Å². The summed E-state index contributed by atoms with van der Waals surface area (Å²) in [6.07, 6.45) is 2.68. The molecule has 27 heavy (non-hydrogen) atoms. The summed E-state index contributed by atoms with van der Waals surface area (Å²) >= 11 is 0. The minimum atomic E-state index is -1.03. The normalized spacial score (nSPS) is 10.8. The molecule has 5 heteroatoms. The predicted octanol–water partition coefficient (Wildman–Crippen LogP) is 5.31. The number of phenolic OH excluding ortho intramolecular Hbond substituents is 2. The number of carbonyl (C=O) groups is 1. The SMILES string of the molecule is CCCCCc1cc(O)c(-c2cccc(C)c2)c(O)c1CN(CC)C(=O)O. The smallest absolute Gasteiger partial charge is 0.407 e. The number of hydrogen-bond donors (Lipinski definition) is 3. The first kappa shape index (κ1) is 20.6. The van der Waals surface area contributed by atoms with Crippen molar-refractivity contribution in [2.24, 2.45) is 0 Å². The van der Waals surface area contributed by atoms with E-state index in [4.69, 9.17) is 0 Å². The Labute approximate surface area is 160 Å². The van der Waals surface area contributed by atoms with E-state index in [-0.39, 0.29) is 18.0 Å². The van der Waals surface area contributed by atoms with E-state index in [1.165, 1.54) is 4.90 Å². The van der Waals surface area contributed by atoms with Gasteiger partial charge in [-0.15, -0.1) is 0 Å². The molecule has 5 nitrogen and oxygen atoms in total. The van der Waals surface area contributed by atoms with Gasteiger partial charge in [0.15, 0.2) is 0 Å². The zero-order valence-corrected chi connectivity index (χ0v) is 16.3. The van der Waals surface area contributed by atoms with Crippen LogP contribution in [-0.4, -0.2) is 32.9 Å². The average Bonchev–Trinajstić information content (AvgIpc) is 2.61. The van der Waals surface area contributed by atoms with E-state index in [1.54, 1.807) is 13.0 Å². The molecule has 0 saturated carbocycles. The third kappa shape index (κ3) is 4.94. The molecule has 2 aromatic carbocycles. The van der Waals surface area contributed by atoms with E-state index >= 15 is 0 Å². The third-order valence-corrected chi connectivity index (χ3v) is 4.83. The maximum absolute atomic E-state index is 11.5. The van der Waals surface area contributed by atoms with Crippen LogP contribution in [0.3, 0.4) is 0 Å². The molecule has 0 aliphatic carbocycles. The summed E-state index contributed by atoms with van der Waals surface area (Å²) in [4.78, 5) is 12.7. The highest BCUT2D eigenvalue weighted by Gasteiger charge is 2.22. The van der Waals surface area contributed by atoms with Crippen molar-refractivity contribution in [1.29, 1.82) is 0 Å². The summed E-state index contributed by atoms with van der Waals surface area (Å²) in [5.74, 6) is -0.0153. The lowest BCUT2D eigenvalue weighted by atomic mass is 9.92. The third-order valence-electron chi connectivity index (χ3n) is 4.83. The number of unbranched alkanes of at least 4 members (excludes halogenated alkanes) is 2. The lowest BCUT2D eigenvalue weighted by Gasteiger charge is -2.22. The van der Waals surface area contributed by atoms with Gasteiger partial charge in [0.1, 0.15) is 11.5 Å². The maximum atomic E-state index is 11.5. The Bertz CT molecular complexity index is 801. The zero-order chi connectivity index (χ0) is 20.0. The monoisotopic (exact) mass is 371 g/mol. The summed E-state index contributed by atoms with van der Waals surface area (Å²) in [5.41, 5.74) is 3.46. The Hall–Kier alpha value is -2.69. The second kappa shape index (κ2) is 9.31. The van der Waals surface area contributed by atoms with Crippen molar-refractivity contribution in [3.05, 3.63) is 47.0 Å². The van der Waals surface area contributed by atoms with Gasteiger partial charge in [0.05, 0.1) is 12.1 Å². The molecule has 2 rings (SSSR count). The summed E-state index contributed by atoms with van der Waals surface area (Å²) in [6, 6.07) is 9.22. The number of carboxylic acid groups (broad SMARTS) is 1. The van der Waals surface area contributed by atoms with Crippen LogP contribution in [0, 0.1) is 6.92 Å². The molecule has 0 bridgehead atoms. The van der Waals surface area contributed by atoms with E-state index < -0.39 is 6.09 Å². The molecule has 0 atom stereocenters. The number of phenols is 2. The van der Waals surface area contributed by atoms with Crippen molar-refractivity contribution in [3.63, 3.8) is 0 Å². The molecule has 146 valence electrons. The van der Waals surface area contributed by atoms with Gasteiger partial charge in [-0.3, -0.25) is 0 Å². The first-order chi connectivity index (χ1) is 12.9. The highest BCUT2D eigenvalue weighted by Crippen LogP contribution is 2.42. The number of hydrogen-bond acceptors (Lipinski definition) is 3. The van der Waals surface area contributed by atoms with E-state index in [0.717, 1.165) is 30.4 Å². The van der Waals surface area contributed by atoms with Crippen LogP contribution < -0.4 is 0 Å². The van der Waals surface area contributed by atoms with Crippen molar-refractivity contribution in [3.8, 4) is 22.6 Å². The van der Waals surface area contributed by atoms with Gasteiger partial charge in [0.25, 0.3) is 0 Å². The van der Waals surface area contributed by atoms with Gasteiger partial charge in [-0.2, -0.15) is 0 Å². The highest BCUT2D eigenvalue weighted by atomic mass is 16.4. The lowest BCUT2D eigenvalue weighted by molar-refractivity contribution is 0.144. The second-order valence-corrected chi connectivity index (χ2v) is 6.88. The van der Waals surface area contributed by atoms with E-state index in [1.807, 2.05) is 31.2 Å². The maximum Gasteiger partial charge on any atom is 0.407 e. The van der Waals surface area contributed by atoms with Crippen LogP contribution in [0.25, 0.3) is 11.1 Å². The molecule has 0 radical (unpaired) electrons. The first-order valence-corrected chi connectivity index (χ1v) is 9.50. The van der Waals surface area contributed by atoms with Crippen molar-refractivity contribution < 1.29 is 20.1 Å². The summed E-state index contributed by atoms with van der Waals surface area (Å²) in [5, 5.41) is 31.0. The fraction of sp³-hybridized carbons (Fsp3) is 0.409. The number of aromatic hydroxyl groups is 2. The molecular formula is C22H29NO4. The molecule has 0 unspecified atom stereocenters. The fourth-order valence-electron chi connectivity index (χ4n) is 3.30. The molecule has 0 aliphatic rings. The zero-order valence-electron chi connectivity index (χ0n) is 16.3. The molecule has 0 aromatic heterocycles. The van der Waals surface area contributed by atoms with Gasteiger partial charge in [-0.1, -0.05) is 49.6 Å². The fourth-order valence-corrected chi connectivity index (χ4v) is 3.30. The second-order valence-electron chi connectivity index (χ2n) is 6.88. The Kier molecular flexibility index (Phi) is 7.11. The molecular weight excluding hydrogens is 342 g/mol. The first-order valence-electron chi connectivity index (χ1n) is 9.50. The molecule has 0 aliphatic heterocycles. The minimum Gasteiger partial charge on any atom is -0.507 e. The van der Waals surface area contributed by atoms with Gasteiger partial charge >= 0.3 is 6.09 Å². The summed E-state index contributed by atoms with van der Waals surface area (Å²) in [6.45, 7) is 6.24. The highest BCUT2D eigenvalue weighted by molar-refractivity contribution is 5.79. The van der Waals surface area contributed by atoms with Crippen LogP contribution in [0.15, 0.2) is 30.3 Å². The number of rotatable bonds is 8. The minimum absolute atomic E-state index is 0.0201. The average molecular weight is 371 g/mol. The van der Waals surface area contributed by atoms with Crippen molar-refractivity contribution in [2.45, 2.75) is 53.0 Å². The van der Waals surface area contributed by atoms with Crippen LogP contribution in [0.2, 0.25) is 0 Å². The summed E-state index contributed by atoms with van der Waals surface area (Å²) < 4.78 is 0. The largest absolute Gasteiger partial charge is 0.507 e. The van der Waals surface area contributed by atoms with Crippen molar-refractivity contribution >= 4 is 6.09 Å². The van der Waals surface area contributed by atoms with Crippen LogP contribution in [0.5, 0.6) is 11.5 Å². The predicted molar refractivity (Wildman–Crippen MR) is 107 cm³/mol. The van der Waals surface area contributed by atoms with Crippen LogP contribution in [0.1, 0.15) is 49.8 Å². The van der Waals surface area contributed by atoms with Crippen LogP contribution in [0.4, 0.5) is 4.79 Å². The Morgan fingerprint density at radius 3 is 2.44 bits per heavy atom. The number of amides is 1. The van der Waals surface area contributed by atoms with E-state index in [2.05, 4.69) is 6.92 Å². The molecule has 0 spiro atoms. The molecule has 0 saturated heterocycles. The Morgan fingerprint density at radius 1 is 1.11 bits per heavy atom. The van der Waals surface area contributed by atoms with E-state index in [9.17, 15) is 20.1 Å². The summed E-state index contributed by atoms with van der Waals surface area (Å²) in [7, 11) is 0. The quantitative estimate of drug-likeness (QED) is 0.550. The molecule has 3 N–H and O–H groups in total. The van der Waals surface area contributed by atoms with Crippen molar-refractivity contribution in [2.75, 3.05) is 6.54 Å².